The van der Waals surface area contributed by atoms with E-state index in [1.165, 1.54) is 7.11 Å². The molecule has 0 N–H and O–H groups in total. The maximum atomic E-state index is 13.3. The van der Waals surface area contributed by atoms with Gasteiger partial charge in [0.15, 0.2) is 10.9 Å². The van der Waals surface area contributed by atoms with E-state index in [9.17, 15) is 9.59 Å². The normalized spacial score (nSPS) is 15.1. The molecule has 5 rings (SSSR count). The lowest BCUT2D eigenvalue weighted by Gasteiger charge is -2.40. The third-order valence-electron chi connectivity index (χ3n) is 7.38. The molecule has 11 heteroatoms. The molecule has 1 fully saturated rings. The van der Waals surface area contributed by atoms with Gasteiger partial charge >= 0.3 is 0 Å². The van der Waals surface area contributed by atoms with Crippen molar-refractivity contribution in [2.75, 3.05) is 39.6 Å². The Labute approximate surface area is 249 Å². The number of aromatic nitrogens is 3. The summed E-state index contributed by atoms with van der Waals surface area (Å²) in [6.07, 6.45) is 2.73. The first-order chi connectivity index (χ1) is 20.4. The van der Waals surface area contributed by atoms with E-state index in [0.717, 1.165) is 16.4 Å². The molecule has 0 bridgehead atoms. The summed E-state index contributed by atoms with van der Waals surface area (Å²) in [7, 11) is 3.11. The summed E-state index contributed by atoms with van der Waals surface area (Å²) in [6.45, 7) is 5.47. The number of methoxy groups -OCH3 is 2. The minimum atomic E-state index is -0.121. The highest BCUT2D eigenvalue weighted by Crippen LogP contribution is 2.31. The SMILES string of the molecule is COc1ccc(C(=O)N2CCN(C(=O)CCCSc3nnc(-c4ccco4)n3-c3ccccc3C)CC2C)c(OC)c1. The van der Waals surface area contributed by atoms with Gasteiger partial charge in [0.2, 0.25) is 11.7 Å². The predicted molar refractivity (Wildman–Crippen MR) is 160 cm³/mol. The fraction of sp³-hybridized carbons (Fsp3) is 0.355. The van der Waals surface area contributed by atoms with E-state index >= 15 is 0 Å². The third-order valence-corrected chi connectivity index (χ3v) is 8.39. The van der Waals surface area contributed by atoms with Crippen LogP contribution in [-0.2, 0) is 4.79 Å². The first kappa shape index (κ1) is 29.2. The van der Waals surface area contributed by atoms with Crippen LogP contribution in [0.2, 0.25) is 0 Å². The predicted octanol–water partition coefficient (Wildman–Crippen LogP) is 5.10. The molecule has 3 heterocycles. The Hall–Kier alpha value is -4.25. The molecule has 220 valence electrons. The zero-order valence-corrected chi connectivity index (χ0v) is 25.1. The van der Waals surface area contributed by atoms with Crippen LogP contribution in [0, 0.1) is 6.92 Å². The van der Waals surface area contributed by atoms with Crippen LogP contribution in [-0.4, -0.2) is 82.0 Å². The van der Waals surface area contributed by atoms with Crippen LogP contribution in [0.4, 0.5) is 0 Å². The van der Waals surface area contributed by atoms with Crippen molar-refractivity contribution in [1.82, 2.24) is 24.6 Å². The van der Waals surface area contributed by atoms with E-state index in [1.54, 1.807) is 48.2 Å². The Morgan fingerprint density at radius 2 is 1.88 bits per heavy atom. The molecule has 4 aromatic rings. The molecule has 2 aromatic carbocycles. The summed E-state index contributed by atoms with van der Waals surface area (Å²) < 4.78 is 18.3. The second kappa shape index (κ2) is 13.2. The van der Waals surface area contributed by atoms with E-state index in [-0.39, 0.29) is 17.9 Å². The highest BCUT2D eigenvalue weighted by atomic mass is 32.2. The Balaban J connectivity index is 1.17. The average molecular weight is 590 g/mol. The minimum Gasteiger partial charge on any atom is -0.497 e. The number of benzene rings is 2. The number of hydrogen-bond acceptors (Lipinski definition) is 8. The van der Waals surface area contributed by atoms with Gasteiger partial charge in [-0.05, 0) is 56.2 Å². The van der Waals surface area contributed by atoms with Crippen molar-refractivity contribution in [3.05, 3.63) is 72.0 Å². The van der Waals surface area contributed by atoms with Crippen molar-refractivity contribution >= 4 is 23.6 Å². The molecule has 1 aliphatic heterocycles. The number of carbonyl (C=O) groups is 2. The molecule has 42 heavy (non-hydrogen) atoms. The van der Waals surface area contributed by atoms with E-state index < -0.39 is 0 Å². The van der Waals surface area contributed by atoms with E-state index in [4.69, 9.17) is 13.9 Å². The van der Waals surface area contributed by atoms with Crippen molar-refractivity contribution in [2.45, 2.75) is 37.9 Å². The molecule has 0 spiro atoms. The Bertz CT molecular complexity index is 1540. The molecule has 2 amide bonds. The first-order valence-corrected chi connectivity index (χ1v) is 14.9. The summed E-state index contributed by atoms with van der Waals surface area (Å²) in [6, 6.07) is 16.8. The topological polar surface area (TPSA) is 103 Å². The van der Waals surface area contributed by atoms with Gasteiger partial charge in [-0.2, -0.15) is 0 Å². The number of nitrogens with zero attached hydrogens (tertiary/aromatic N) is 5. The fourth-order valence-corrected chi connectivity index (χ4v) is 6.00. The van der Waals surface area contributed by atoms with Crippen LogP contribution in [0.3, 0.4) is 0 Å². The zero-order valence-electron chi connectivity index (χ0n) is 24.3. The lowest BCUT2D eigenvalue weighted by atomic mass is 10.1. The summed E-state index contributed by atoms with van der Waals surface area (Å²) in [5.41, 5.74) is 2.57. The number of aryl methyl sites for hydroxylation is 1. The maximum Gasteiger partial charge on any atom is 0.257 e. The van der Waals surface area contributed by atoms with E-state index in [0.29, 0.717) is 66.9 Å². The molecule has 0 radical (unpaired) electrons. The monoisotopic (exact) mass is 589 g/mol. The summed E-state index contributed by atoms with van der Waals surface area (Å²) in [5, 5.41) is 9.60. The largest absolute Gasteiger partial charge is 0.497 e. The number of rotatable bonds is 10. The van der Waals surface area contributed by atoms with Crippen molar-refractivity contribution in [1.29, 1.82) is 0 Å². The number of furan rings is 1. The van der Waals surface area contributed by atoms with Crippen molar-refractivity contribution in [2.24, 2.45) is 0 Å². The number of thioether (sulfide) groups is 1. The van der Waals surface area contributed by atoms with Crippen LogP contribution in [0.5, 0.6) is 11.5 Å². The molecular formula is C31H35N5O5S. The molecule has 1 saturated heterocycles. The Morgan fingerprint density at radius 3 is 2.60 bits per heavy atom. The number of piperazine rings is 1. The number of hydrogen-bond donors (Lipinski definition) is 0. The molecule has 1 atom stereocenters. The first-order valence-electron chi connectivity index (χ1n) is 13.9. The van der Waals surface area contributed by atoms with Crippen LogP contribution in [0.25, 0.3) is 17.3 Å². The molecule has 1 unspecified atom stereocenters. The smallest absolute Gasteiger partial charge is 0.257 e. The number of amides is 2. The molecule has 0 aliphatic carbocycles. The quantitative estimate of drug-likeness (QED) is 0.186. The van der Waals surface area contributed by atoms with Gasteiger partial charge in [-0.15, -0.1) is 10.2 Å². The second-order valence-corrected chi connectivity index (χ2v) is 11.2. The van der Waals surface area contributed by atoms with E-state index in [2.05, 4.69) is 23.2 Å². The van der Waals surface area contributed by atoms with Gasteiger partial charge in [-0.25, -0.2) is 0 Å². The van der Waals surface area contributed by atoms with Crippen LogP contribution < -0.4 is 9.47 Å². The van der Waals surface area contributed by atoms with Gasteiger partial charge < -0.3 is 23.7 Å². The van der Waals surface area contributed by atoms with Crippen molar-refractivity contribution in [3.63, 3.8) is 0 Å². The minimum absolute atomic E-state index is 0.0909. The molecule has 10 nitrogen and oxygen atoms in total. The zero-order chi connectivity index (χ0) is 29.6. The lowest BCUT2D eigenvalue weighted by Crippen LogP contribution is -2.55. The van der Waals surface area contributed by atoms with Crippen LogP contribution in [0.1, 0.15) is 35.7 Å². The highest BCUT2D eigenvalue weighted by Gasteiger charge is 2.31. The second-order valence-electron chi connectivity index (χ2n) is 10.1. The average Bonchev–Trinajstić information content (AvgIpc) is 3.69. The van der Waals surface area contributed by atoms with Gasteiger partial charge in [0.1, 0.15) is 11.5 Å². The van der Waals surface area contributed by atoms with Gasteiger partial charge in [0, 0.05) is 43.9 Å². The van der Waals surface area contributed by atoms with Gasteiger partial charge in [0.25, 0.3) is 5.91 Å². The number of carbonyl (C=O) groups excluding carboxylic acids is 2. The van der Waals surface area contributed by atoms with Crippen LogP contribution in [0.15, 0.2) is 70.4 Å². The molecule has 2 aromatic heterocycles. The number of para-hydroxylation sites is 1. The van der Waals surface area contributed by atoms with Gasteiger partial charge in [-0.3, -0.25) is 14.2 Å². The molecular weight excluding hydrogens is 554 g/mol. The lowest BCUT2D eigenvalue weighted by molar-refractivity contribution is -0.133. The summed E-state index contributed by atoms with van der Waals surface area (Å²) in [4.78, 5) is 30.1. The standard InChI is InChI=1S/C31H35N5O5S/c1-21-9-5-6-10-25(21)36-29(26-11-7-17-41-26)32-33-31(36)42-18-8-12-28(37)34-15-16-35(22(2)20-34)30(38)24-14-13-23(39-3)19-27(24)40-4/h5-7,9-11,13-14,17,19,22H,8,12,15-16,18,20H2,1-4H3. The summed E-state index contributed by atoms with van der Waals surface area (Å²) in [5.74, 6) is 3.06. The molecule has 1 aliphatic rings. The van der Waals surface area contributed by atoms with Gasteiger partial charge in [0.05, 0.1) is 31.7 Å². The van der Waals surface area contributed by atoms with Crippen LogP contribution >= 0.6 is 11.8 Å². The van der Waals surface area contributed by atoms with Crippen molar-refractivity contribution < 1.29 is 23.5 Å². The maximum absolute atomic E-state index is 13.3. The van der Waals surface area contributed by atoms with E-state index in [1.807, 2.05) is 46.7 Å². The fourth-order valence-electron chi connectivity index (χ4n) is 5.12. The highest BCUT2D eigenvalue weighted by molar-refractivity contribution is 7.99. The van der Waals surface area contributed by atoms with Gasteiger partial charge in [-0.1, -0.05) is 30.0 Å². The third kappa shape index (κ3) is 6.15. The Morgan fingerprint density at radius 1 is 1.05 bits per heavy atom. The van der Waals surface area contributed by atoms with Crippen molar-refractivity contribution in [3.8, 4) is 28.8 Å². The Kier molecular flexibility index (Phi) is 9.16. The summed E-state index contributed by atoms with van der Waals surface area (Å²) >= 11 is 1.57. The molecule has 0 saturated carbocycles. The number of ether oxygens (including phenoxy) is 2.